The molecule has 9 nitrogen and oxygen atoms in total. The number of carboxylic acid groups (broad SMARTS) is 1. The number of rotatable bonds is 5. The number of hydrogen-bond donors (Lipinski definition) is 5. The Balaban J connectivity index is 2.54. The smallest absolute Gasteiger partial charge is 0.331 e. The van der Waals surface area contributed by atoms with Crippen LogP contribution in [0.2, 0.25) is 0 Å². The van der Waals surface area contributed by atoms with Gasteiger partial charge in [-0.2, -0.15) is 0 Å². The maximum Gasteiger partial charge on any atom is 0.331 e. The molecule has 1 aliphatic heterocycles. The van der Waals surface area contributed by atoms with E-state index in [2.05, 4.69) is 4.99 Å². The van der Waals surface area contributed by atoms with Crippen molar-refractivity contribution >= 4 is 17.8 Å². The molecule has 0 unspecified atom stereocenters. The highest BCUT2D eigenvalue weighted by Gasteiger charge is 2.47. The highest BCUT2D eigenvalue weighted by molar-refractivity contribution is 5.89. The average molecular weight is 336 g/mol. The molecule has 0 bridgehead atoms. The third-order valence-corrected chi connectivity index (χ3v) is 4.15. The molecule has 24 heavy (non-hydrogen) atoms. The molecule has 0 aromatic rings. The van der Waals surface area contributed by atoms with E-state index in [4.69, 9.17) is 16.6 Å². The maximum atomic E-state index is 12.3. The molecule has 2 aliphatic rings. The van der Waals surface area contributed by atoms with Crippen LogP contribution >= 0.6 is 0 Å². The molecule has 0 spiro atoms. The first-order chi connectivity index (χ1) is 11.3. The second kappa shape index (κ2) is 6.85. The molecule has 2 rings (SSSR count). The Morgan fingerprint density at radius 1 is 1.33 bits per heavy atom. The van der Waals surface area contributed by atoms with E-state index < -0.39 is 24.7 Å². The number of nitrogens with zero attached hydrogens (tertiary/aromatic N) is 2. The van der Waals surface area contributed by atoms with Gasteiger partial charge in [0.25, 0.3) is 0 Å². The summed E-state index contributed by atoms with van der Waals surface area (Å²) in [6, 6.07) is 0. The first-order valence-electron chi connectivity index (χ1n) is 7.31. The number of aliphatic carboxylic acids is 1. The number of carbonyl (C=O) groups excluding carboxylic acids is 1. The van der Waals surface area contributed by atoms with Crippen molar-refractivity contribution in [1.82, 2.24) is 4.90 Å². The lowest BCUT2D eigenvalue weighted by Crippen LogP contribution is -2.51. The number of amides is 1. The van der Waals surface area contributed by atoms with Crippen LogP contribution in [0.3, 0.4) is 0 Å². The molecular formula is C15H20N4O5. The number of guanidine groups is 1. The fourth-order valence-corrected chi connectivity index (χ4v) is 2.84. The summed E-state index contributed by atoms with van der Waals surface area (Å²) in [6.07, 6.45) is 4.61. The number of nitrogens with two attached hydrogens (primary N) is 2. The van der Waals surface area contributed by atoms with Gasteiger partial charge in [0.2, 0.25) is 5.91 Å². The molecule has 7 N–H and O–H groups in total. The van der Waals surface area contributed by atoms with Gasteiger partial charge in [-0.15, -0.1) is 0 Å². The predicted molar refractivity (Wildman–Crippen MR) is 85.3 cm³/mol. The van der Waals surface area contributed by atoms with E-state index in [0.717, 1.165) is 0 Å². The number of aliphatic imine (C=N–C) groups is 1. The van der Waals surface area contributed by atoms with E-state index >= 15 is 0 Å². The molecule has 1 saturated heterocycles. The molecule has 1 aliphatic carbocycles. The first kappa shape index (κ1) is 17.7. The van der Waals surface area contributed by atoms with Crippen molar-refractivity contribution in [1.29, 1.82) is 0 Å². The largest absolute Gasteiger partial charge is 0.478 e. The summed E-state index contributed by atoms with van der Waals surface area (Å²) in [5.41, 5.74) is 10.4. The summed E-state index contributed by atoms with van der Waals surface area (Å²) < 4.78 is 0. The lowest BCUT2D eigenvalue weighted by atomic mass is 9.92. The van der Waals surface area contributed by atoms with Crippen molar-refractivity contribution in [3.05, 3.63) is 35.2 Å². The molecule has 0 saturated carbocycles. The van der Waals surface area contributed by atoms with Gasteiger partial charge in [0.05, 0.1) is 18.8 Å². The molecule has 0 atom stereocenters. The van der Waals surface area contributed by atoms with Gasteiger partial charge >= 0.3 is 5.97 Å². The molecule has 1 amide bonds. The van der Waals surface area contributed by atoms with Crippen molar-refractivity contribution in [2.24, 2.45) is 16.5 Å². The molecule has 9 heteroatoms. The topological polar surface area (TPSA) is 162 Å². The van der Waals surface area contributed by atoms with Crippen LogP contribution in [0, 0.1) is 0 Å². The Bertz CT molecular complexity index is 669. The summed E-state index contributed by atoms with van der Waals surface area (Å²) in [5.74, 6) is -1.58. The van der Waals surface area contributed by atoms with Gasteiger partial charge in [-0.1, -0.05) is 0 Å². The van der Waals surface area contributed by atoms with Crippen LogP contribution in [-0.2, 0) is 9.59 Å². The van der Waals surface area contributed by atoms with Crippen molar-refractivity contribution in [2.75, 3.05) is 13.2 Å². The summed E-state index contributed by atoms with van der Waals surface area (Å²) in [5, 5.41) is 28.6. The number of hydrogen-bond acceptors (Lipinski definition) is 5. The standard InChI is InChI=1S/C15H20N4O5/c16-14(17)18-6-10-5-9(13(23)24)1-2-11(10)19-12(22)3-4-15(19,7-20)8-21/h1-2,6,20-21H,3-5,7-8H2,(H,23,24)(H4,16,17,18). The Morgan fingerprint density at radius 3 is 2.54 bits per heavy atom. The van der Waals surface area contributed by atoms with E-state index in [0.29, 0.717) is 17.7 Å². The van der Waals surface area contributed by atoms with E-state index in [1.807, 2.05) is 0 Å². The normalized spacial score (nSPS) is 21.5. The zero-order valence-corrected chi connectivity index (χ0v) is 13.0. The number of aliphatic hydroxyl groups excluding tert-OH is 2. The Morgan fingerprint density at radius 2 is 2.00 bits per heavy atom. The van der Waals surface area contributed by atoms with Crippen LogP contribution in [-0.4, -0.2) is 56.8 Å². The van der Waals surface area contributed by atoms with Gasteiger partial charge in [0, 0.05) is 30.3 Å². The predicted octanol–water partition coefficient (Wildman–Crippen LogP) is -1.21. The summed E-state index contributed by atoms with van der Waals surface area (Å²) in [7, 11) is 0. The van der Waals surface area contributed by atoms with Gasteiger partial charge in [0.1, 0.15) is 0 Å². The van der Waals surface area contributed by atoms with Crippen molar-refractivity contribution in [3.63, 3.8) is 0 Å². The van der Waals surface area contributed by atoms with Crippen LogP contribution < -0.4 is 11.5 Å². The molecule has 0 aromatic carbocycles. The third kappa shape index (κ3) is 3.17. The maximum absolute atomic E-state index is 12.3. The average Bonchev–Trinajstić information content (AvgIpc) is 2.89. The monoisotopic (exact) mass is 336 g/mol. The van der Waals surface area contributed by atoms with E-state index in [1.165, 1.54) is 23.3 Å². The Kier molecular flexibility index (Phi) is 5.05. The van der Waals surface area contributed by atoms with Gasteiger partial charge in [-0.3, -0.25) is 4.79 Å². The third-order valence-electron chi connectivity index (χ3n) is 4.15. The van der Waals surface area contributed by atoms with Crippen LogP contribution in [0.25, 0.3) is 0 Å². The molecule has 0 aromatic heterocycles. The lowest BCUT2D eigenvalue weighted by Gasteiger charge is -2.38. The first-order valence-corrected chi connectivity index (χ1v) is 7.31. The van der Waals surface area contributed by atoms with Crippen LogP contribution in [0.4, 0.5) is 0 Å². The van der Waals surface area contributed by atoms with Crippen molar-refractivity contribution in [3.8, 4) is 0 Å². The Labute approximate surface area is 138 Å². The zero-order valence-electron chi connectivity index (χ0n) is 13.0. The van der Waals surface area contributed by atoms with E-state index in [9.17, 15) is 19.8 Å². The number of carbonyl (C=O) groups is 2. The van der Waals surface area contributed by atoms with Crippen LogP contribution in [0.1, 0.15) is 19.3 Å². The minimum Gasteiger partial charge on any atom is -0.478 e. The fraction of sp³-hybridized carbons (Fsp3) is 0.400. The van der Waals surface area contributed by atoms with Crippen LogP contribution in [0.5, 0.6) is 0 Å². The molecule has 1 fully saturated rings. The van der Waals surface area contributed by atoms with E-state index in [1.54, 1.807) is 0 Å². The quantitative estimate of drug-likeness (QED) is 0.310. The highest BCUT2D eigenvalue weighted by Crippen LogP contribution is 2.38. The SMILES string of the molecule is NC(N)=NC=C1CC(C(=O)O)=CC=C1N1C(=O)CCC1(CO)CO. The van der Waals surface area contributed by atoms with Crippen molar-refractivity contribution < 1.29 is 24.9 Å². The minimum atomic E-state index is -1.13. The number of likely N-dealkylation sites (tertiary alicyclic amines) is 1. The summed E-state index contributed by atoms with van der Waals surface area (Å²) in [6.45, 7) is -0.838. The highest BCUT2D eigenvalue weighted by atomic mass is 16.4. The number of allylic oxidation sites excluding steroid dienone is 3. The van der Waals surface area contributed by atoms with Gasteiger partial charge < -0.3 is 31.7 Å². The van der Waals surface area contributed by atoms with Crippen LogP contribution in [0.15, 0.2) is 40.2 Å². The van der Waals surface area contributed by atoms with Gasteiger partial charge in [-0.05, 0) is 24.1 Å². The van der Waals surface area contributed by atoms with E-state index in [-0.39, 0.29) is 30.3 Å². The van der Waals surface area contributed by atoms with Gasteiger partial charge in [0.15, 0.2) is 5.96 Å². The van der Waals surface area contributed by atoms with Crippen molar-refractivity contribution in [2.45, 2.75) is 24.8 Å². The number of carboxylic acids is 1. The molecule has 1 heterocycles. The fourth-order valence-electron chi connectivity index (χ4n) is 2.84. The van der Waals surface area contributed by atoms with Gasteiger partial charge in [-0.25, -0.2) is 9.79 Å². The lowest BCUT2D eigenvalue weighted by molar-refractivity contribution is -0.132. The molecular weight excluding hydrogens is 316 g/mol. The zero-order chi connectivity index (χ0) is 17.9. The summed E-state index contributed by atoms with van der Waals surface area (Å²) >= 11 is 0. The second-order valence-electron chi connectivity index (χ2n) is 5.70. The second-order valence-corrected chi connectivity index (χ2v) is 5.70. The summed E-state index contributed by atoms with van der Waals surface area (Å²) in [4.78, 5) is 28.6. The minimum absolute atomic E-state index is 0.00860. The number of aliphatic hydroxyl groups is 2. The Hall–Kier alpha value is -2.65. The molecule has 0 radical (unpaired) electrons. The molecule has 130 valence electrons.